The monoisotopic (exact) mass is 285 g/mol. The number of carbonyl (C=O) groups excluding carboxylic acids is 2. The second-order valence-corrected chi connectivity index (χ2v) is 5.75. The van der Waals surface area contributed by atoms with Gasteiger partial charge < -0.3 is 9.47 Å². The average Bonchev–Trinajstić information content (AvgIpc) is 3.02. The summed E-state index contributed by atoms with van der Waals surface area (Å²) < 4.78 is 10.6. The summed E-state index contributed by atoms with van der Waals surface area (Å²) in [6.07, 6.45) is 3.40. The van der Waals surface area contributed by atoms with Crippen molar-refractivity contribution in [3.05, 3.63) is 29.8 Å². The fraction of sp³-hybridized carbons (Fsp3) is 0.375. The van der Waals surface area contributed by atoms with Gasteiger partial charge in [0.15, 0.2) is 11.5 Å². The molecule has 2 unspecified atom stereocenters. The summed E-state index contributed by atoms with van der Waals surface area (Å²) in [7, 11) is 0. The Morgan fingerprint density at radius 2 is 1.86 bits per heavy atom. The third kappa shape index (κ3) is 1.77. The van der Waals surface area contributed by atoms with Gasteiger partial charge >= 0.3 is 0 Å². The predicted octanol–water partition coefficient (Wildman–Crippen LogP) is 2.26. The van der Waals surface area contributed by atoms with E-state index in [1.165, 1.54) is 10.5 Å². The van der Waals surface area contributed by atoms with Crippen LogP contribution in [0.5, 0.6) is 11.5 Å². The van der Waals surface area contributed by atoms with Crippen molar-refractivity contribution in [1.29, 1.82) is 0 Å². The zero-order chi connectivity index (χ0) is 14.6. The van der Waals surface area contributed by atoms with Crippen LogP contribution < -0.4 is 14.4 Å². The largest absolute Gasteiger partial charge is 0.454 e. The fourth-order valence-corrected chi connectivity index (χ4v) is 3.32. The molecule has 3 aliphatic rings. The molecule has 4 rings (SSSR count). The van der Waals surface area contributed by atoms with E-state index in [-0.39, 0.29) is 30.4 Å². The van der Waals surface area contributed by atoms with Gasteiger partial charge in [0.05, 0.1) is 17.5 Å². The first-order chi connectivity index (χ1) is 10.1. The minimum atomic E-state index is -0.216. The Kier molecular flexibility index (Phi) is 2.58. The first kappa shape index (κ1) is 12.4. The number of benzene rings is 1. The Hall–Kier alpha value is -2.30. The Labute approximate surface area is 122 Å². The number of hydrogen-bond acceptors (Lipinski definition) is 4. The second-order valence-electron chi connectivity index (χ2n) is 5.75. The minimum Gasteiger partial charge on any atom is -0.454 e. The molecule has 2 atom stereocenters. The van der Waals surface area contributed by atoms with Crippen LogP contribution in [-0.2, 0) is 9.59 Å². The molecule has 1 saturated heterocycles. The summed E-state index contributed by atoms with van der Waals surface area (Å²) in [5, 5.41) is 0. The molecule has 5 heteroatoms. The molecule has 0 bridgehead atoms. The summed E-state index contributed by atoms with van der Waals surface area (Å²) in [4.78, 5) is 26.5. The number of imide groups is 1. The SMILES string of the molecule is CC1=CCC2C(=O)N(c3ccc4c(c3)OCO4)C(=O)C2C1. The van der Waals surface area contributed by atoms with Crippen LogP contribution in [0, 0.1) is 11.8 Å². The van der Waals surface area contributed by atoms with Gasteiger partial charge in [-0.05, 0) is 31.9 Å². The number of hydrogen-bond donors (Lipinski definition) is 0. The normalized spacial score (nSPS) is 26.9. The Morgan fingerprint density at radius 1 is 1.10 bits per heavy atom. The van der Waals surface area contributed by atoms with Gasteiger partial charge in [0.2, 0.25) is 18.6 Å². The van der Waals surface area contributed by atoms with E-state index in [0.717, 1.165) is 0 Å². The van der Waals surface area contributed by atoms with Crippen LogP contribution in [0.4, 0.5) is 5.69 Å². The number of carbonyl (C=O) groups is 2. The Morgan fingerprint density at radius 3 is 2.71 bits per heavy atom. The third-order valence-electron chi connectivity index (χ3n) is 4.44. The molecular weight excluding hydrogens is 270 g/mol. The number of fused-ring (bicyclic) bond motifs is 2. The maximum atomic E-state index is 12.6. The quantitative estimate of drug-likeness (QED) is 0.586. The minimum absolute atomic E-state index is 0.101. The van der Waals surface area contributed by atoms with Crippen LogP contribution in [0.3, 0.4) is 0 Å². The Balaban J connectivity index is 1.70. The standard InChI is InChI=1S/C16H15NO4/c1-9-2-4-11-12(6-9)16(19)17(15(11)18)10-3-5-13-14(7-10)21-8-20-13/h2-3,5,7,11-12H,4,6,8H2,1H3. The van der Waals surface area contributed by atoms with Crippen molar-refractivity contribution in [2.24, 2.45) is 11.8 Å². The molecule has 2 heterocycles. The van der Waals surface area contributed by atoms with Crippen LogP contribution in [0.15, 0.2) is 29.8 Å². The highest BCUT2D eigenvalue weighted by Gasteiger charge is 2.48. The molecule has 0 spiro atoms. The van der Waals surface area contributed by atoms with Crippen LogP contribution in [0.1, 0.15) is 19.8 Å². The summed E-state index contributed by atoms with van der Waals surface area (Å²) >= 11 is 0. The number of allylic oxidation sites excluding steroid dienone is 2. The molecule has 1 aromatic carbocycles. The molecular formula is C16H15NO4. The zero-order valence-corrected chi connectivity index (χ0v) is 11.7. The van der Waals surface area contributed by atoms with E-state index in [2.05, 4.69) is 6.08 Å². The van der Waals surface area contributed by atoms with E-state index in [0.29, 0.717) is 30.0 Å². The van der Waals surface area contributed by atoms with Crippen molar-refractivity contribution in [3.63, 3.8) is 0 Å². The lowest BCUT2D eigenvalue weighted by molar-refractivity contribution is -0.122. The third-order valence-corrected chi connectivity index (χ3v) is 4.44. The molecule has 1 fully saturated rings. The maximum absolute atomic E-state index is 12.6. The molecule has 1 aromatic rings. The molecule has 0 aromatic heterocycles. The van der Waals surface area contributed by atoms with Gasteiger partial charge in [-0.25, -0.2) is 4.90 Å². The first-order valence-electron chi connectivity index (χ1n) is 7.08. The van der Waals surface area contributed by atoms with Gasteiger partial charge in [0.1, 0.15) is 0 Å². The number of amides is 2. The first-order valence-corrected chi connectivity index (χ1v) is 7.08. The summed E-state index contributed by atoms with van der Waals surface area (Å²) in [5.41, 5.74) is 1.76. The molecule has 1 aliphatic carbocycles. The van der Waals surface area contributed by atoms with E-state index in [1.807, 2.05) is 6.92 Å². The summed E-state index contributed by atoms with van der Waals surface area (Å²) in [5.74, 6) is 0.591. The lowest BCUT2D eigenvalue weighted by Gasteiger charge is -2.18. The molecule has 0 radical (unpaired) electrons. The van der Waals surface area contributed by atoms with E-state index in [1.54, 1.807) is 18.2 Å². The highest BCUT2D eigenvalue weighted by molar-refractivity contribution is 6.22. The topological polar surface area (TPSA) is 55.8 Å². The lowest BCUT2D eigenvalue weighted by Crippen LogP contribution is -2.30. The van der Waals surface area contributed by atoms with E-state index < -0.39 is 0 Å². The maximum Gasteiger partial charge on any atom is 0.238 e. The Bertz CT molecular complexity index is 679. The highest BCUT2D eigenvalue weighted by Crippen LogP contribution is 2.42. The number of ether oxygens (including phenoxy) is 2. The molecule has 0 N–H and O–H groups in total. The predicted molar refractivity (Wildman–Crippen MR) is 75.0 cm³/mol. The van der Waals surface area contributed by atoms with Crippen molar-refractivity contribution in [2.45, 2.75) is 19.8 Å². The van der Waals surface area contributed by atoms with Crippen LogP contribution >= 0.6 is 0 Å². The molecule has 5 nitrogen and oxygen atoms in total. The molecule has 0 saturated carbocycles. The van der Waals surface area contributed by atoms with Gasteiger partial charge in [-0.15, -0.1) is 0 Å². The molecule has 2 amide bonds. The highest BCUT2D eigenvalue weighted by atomic mass is 16.7. The van der Waals surface area contributed by atoms with Gasteiger partial charge in [-0.2, -0.15) is 0 Å². The van der Waals surface area contributed by atoms with Crippen molar-refractivity contribution >= 4 is 17.5 Å². The number of anilines is 1. The van der Waals surface area contributed by atoms with Crippen molar-refractivity contribution in [1.82, 2.24) is 0 Å². The van der Waals surface area contributed by atoms with E-state index in [4.69, 9.17) is 9.47 Å². The van der Waals surface area contributed by atoms with E-state index >= 15 is 0 Å². The molecule has 2 aliphatic heterocycles. The molecule has 21 heavy (non-hydrogen) atoms. The summed E-state index contributed by atoms with van der Waals surface area (Å²) in [6.45, 7) is 2.19. The second kappa shape index (κ2) is 4.35. The van der Waals surface area contributed by atoms with E-state index in [9.17, 15) is 9.59 Å². The summed E-state index contributed by atoms with van der Waals surface area (Å²) in [6, 6.07) is 5.18. The van der Waals surface area contributed by atoms with Crippen molar-refractivity contribution < 1.29 is 19.1 Å². The van der Waals surface area contributed by atoms with Crippen LogP contribution in [0.25, 0.3) is 0 Å². The van der Waals surface area contributed by atoms with Crippen molar-refractivity contribution in [3.8, 4) is 11.5 Å². The lowest BCUT2D eigenvalue weighted by atomic mass is 9.82. The molecule has 108 valence electrons. The van der Waals surface area contributed by atoms with Gasteiger partial charge in [-0.3, -0.25) is 9.59 Å². The average molecular weight is 285 g/mol. The van der Waals surface area contributed by atoms with Gasteiger partial charge in [0.25, 0.3) is 0 Å². The fourth-order valence-electron chi connectivity index (χ4n) is 3.32. The van der Waals surface area contributed by atoms with Gasteiger partial charge in [0, 0.05) is 6.07 Å². The van der Waals surface area contributed by atoms with Crippen molar-refractivity contribution in [2.75, 3.05) is 11.7 Å². The van der Waals surface area contributed by atoms with Gasteiger partial charge in [-0.1, -0.05) is 11.6 Å². The smallest absolute Gasteiger partial charge is 0.238 e. The van der Waals surface area contributed by atoms with Crippen LogP contribution in [-0.4, -0.2) is 18.6 Å². The number of rotatable bonds is 1. The van der Waals surface area contributed by atoms with Crippen LogP contribution in [0.2, 0.25) is 0 Å². The zero-order valence-electron chi connectivity index (χ0n) is 11.7. The number of nitrogens with zero attached hydrogens (tertiary/aromatic N) is 1.